The fourth-order valence-corrected chi connectivity index (χ4v) is 6.03. The molecule has 11 heteroatoms. The van der Waals surface area contributed by atoms with Crippen LogP contribution in [0.3, 0.4) is 0 Å². The third-order valence-electron chi connectivity index (χ3n) is 8.73. The van der Waals surface area contributed by atoms with Crippen LogP contribution >= 0.6 is 0 Å². The van der Waals surface area contributed by atoms with Gasteiger partial charge in [0.25, 0.3) is 0 Å². The molecule has 1 unspecified atom stereocenters. The van der Waals surface area contributed by atoms with Gasteiger partial charge in [0.1, 0.15) is 5.76 Å². The SMILES string of the molecule is C=C(CN1CCC(CN=C2C=CC(C(F)(F)F)CC2=C(C)N)=C(O)C2(CCCC2)N1C)/C(F)=C(F)\C(=C/C)NCCCC. The number of hydrogen-bond acceptors (Lipinski definition) is 6. The van der Waals surface area contributed by atoms with Crippen molar-refractivity contribution in [3.8, 4) is 0 Å². The lowest BCUT2D eigenvalue weighted by Crippen LogP contribution is -2.54. The van der Waals surface area contributed by atoms with Crippen LogP contribution in [-0.2, 0) is 0 Å². The van der Waals surface area contributed by atoms with Gasteiger partial charge in [-0.2, -0.15) is 13.2 Å². The second kappa shape index (κ2) is 14.7. The second-order valence-corrected chi connectivity index (χ2v) is 11.6. The normalized spacial score (nSPS) is 24.9. The molecule has 4 N–H and O–H groups in total. The molecule has 43 heavy (non-hydrogen) atoms. The monoisotopic (exact) mass is 611 g/mol. The Morgan fingerprint density at radius 2 is 1.93 bits per heavy atom. The molecule has 2 aliphatic carbocycles. The number of nitrogens with two attached hydrogens (primary N) is 1. The number of nitrogens with zero attached hydrogens (tertiary/aromatic N) is 3. The molecule has 3 rings (SSSR count). The van der Waals surface area contributed by atoms with Gasteiger partial charge in [-0.3, -0.25) is 4.99 Å². The first kappa shape index (κ1) is 34.6. The zero-order chi connectivity index (χ0) is 31.9. The van der Waals surface area contributed by atoms with Crippen LogP contribution in [0.5, 0.6) is 0 Å². The molecule has 1 saturated carbocycles. The number of hydrogen-bond donors (Lipinski definition) is 3. The average Bonchev–Trinajstić information content (AvgIpc) is 3.45. The fourth-order valence-electron chi connectivity index (χ4n) is 6.03. The van der Waals surface area contributed by atoms with Crippen molar-refractivity contribution in [2.45, 2.75) is 83.9 Å². The number of nitrogens with one attached hydrogen (secondary N) is 1. The minimum absolute atomic E-state index is 0.0133. The zero-order valence-corrected chi connectivity index (χ0v) is 25.8. The smallest absolute Gasteiger partial charge is 0.395 e. The third-order valence-corrected chi connectivity index (χ3v) is 8.73. The predicted octanol–water partition coefficient (Wildman–Crippen LogP) is 7.48. The van der Waals surface area contributed by atoms with E-state index in [0.29, 0.717) is 49.2 Å². The lowest BCUT2D eigenvalue weighted by molar-refractivity contribution is -0.160. The van der Waals surface area contributed by atoms with Gasteiger partial charge in [0.05, 0.1) is 29.4 Å². The van der Waals surface area contributed by atoms with E-state index in [-0.39, 0.29) is 42.2 Å². The van der Waals surface area contributed by atoms with Crippen molar-refractivity contribution in [2.24, 2.45) is 16.6 Å². The number of likely N-dealkylation sites (N-methyl/N-ethyl adjacent to an activating group) is 1. The summed E-state index contributed by atoms with van der Waals surface area (Å²) in [6.45, 7) is 10.1. The lowest BCUT2D eigenvalue weighted by Gasteiger charge is -2.43. The Kier molecular flexibility index (Phi) is 11.8. The van der Waals surface area contributed by atoms with Gasteiger partial charge in [-0.05, 0) is 68.7 Å². The van der Waals surface area contributed by atoms with Gasteiger partial charge in [-0.25, -0.2) is 18.8 Å². The maximum Gasteiger partial charge on any atom is 0.395 e. The van der Waals surface area contributed by atoms with Crippen LogP contribution in [0.2, 0.25) is 0 Å². The van der Waals surface area contributed by atoms with Crippen molar-refractivity contribution in [1.29, 1.82) is 0 Å². The van der Waals surface area contributed by atoms with Gasteiger partial charge in [-0.15, -0.1) is 0 Å². The summed E-state index contributed by atoms with van der Waals surface area (Å²) in [5.74, 6) is -3.44. The van der Waals surface area contributed by atoms with E-state index in [1.54, 1.807) is 13.8 Å². The molecule has 240 valence electrons. The van der Waals surface area contributed by atoms with Crippen LogP contribution in [0, 0.1) is 5.92 Å². The van der Waals surface area contributed by atoms with Crippen molar-refractivity contribution in [3.05, 3.63) is 70.3 Å². The molecule has 0 radical (unpaired) electrons. The predicted molar refractivity (Wildman–Crippen MR) is 162 cm³/mol. The van der Waals surface area contributed by atoms with Gasteiger partial charge in [0.15, 0.2) is 11.7 Å². The van der Waals surface area contributed by atoms with Crippen molar-refractivity contribution in [3.63, 3.8) is 0 Å². The summed E-state index contributed by atoms with van der Waals surface area (Å²) in [5.41, 5.74) is 6.93. The molecule has 0 aromatic carbocycles. The van der Waals surface area contributed by atoms with Gasteiger partial charge in [0, 0.05) is 32.4 Å². The number of unbranched alkanes of at least 4 members (excludes halogenated alkanes) is 1. The molecule has 3 aliphatic rings. The molecule has 1 heterocycles. The van der Waals surface area contributed by atoms with Crippen molar-refractivity contribution < 1.29 is 27.1 Å². The summed E-state index contributed by atoms with van der Waals surface area (Å²) >= 11 is 0. The summed E-state index contributed by atoms with van der Waals surface area (Å²) in [6.07, 6.45) is 4.50. The first-order valence-electron chi connectivity index (χ1n) is 15.1. The van der Waals surface area contributed by atoms with Crippen LogP contribution in [0.25, 0.3) is 0 Å². The number of rotatable bonds is 10. The van der Waals surface area contributed by atoms with E-state index < -0.39 is 29.3 Å². The Hall–Kier alpha value is -2.92. The van der Waals surface area contributed by atoms with Crippen molar-refractivity contribution >= 4 is 5.71 Å². The largest absolute Gasteiger partial charge is 0.510 e. The minimum Gasteiger partial charge on any atom is -0.510 e. The van der Waals surface area contributed by atoms with E-state index in [0.717, 1.165) is 31.8 Å². The molecule has 0 amide bonds. The molecule has 1 fully saturated rings. The summed E-state index contributed by atoms with van der Waals surface area (Å²) in [5, 5.41) is 18.4. The number of alkyl halides is 3. The standard InChI is InChI=1S/C32H46F5N5O/c1-6-8-16-39-26(7-2)29(34)28(33)21(3)20-42-17-13-23(30(43)31(41(42)5)14-9-10-15-31)19-40-27-12-11-24(32(35,36)37)18-25(27)22(4)38/h7,11-12,24,39,43H,3,6,8-10,13-20,38H2,1-2,4-5H3/b25-22?,26-7+,29-28-,40-27?. The van der Waals surface area contributed by atoms with Crippen LogP contribution in [0.15, 0.2) is 75.3 Å². The summed E-state index contributed by atoms with van der Waals surface area (Å²) < 4.78 is 70.5. The molecule has 0 bridgehead atoms. The van der Waals surface area contributed by atoms with E-state index in [2.05, 4.69) is 16.9 Å². The maximum absolute atomic E-state index is 15.3. The Bertz CT molecular complexity index is 1220. The zero-order valence-electron chi connectivity index (χ0n) is 25.8. The molecule has 1 aliphatic heterocycles. The minimum atomic E-state index is -4.38. The van der Waals surface area contributed by atoms with E-state index in [1.807, 2.05) is 24.0 Å². The highest BCUT2D eigenvalue weighted by Gasteiger charge is 2.47. The number of aliphatic hydroxyl groups excluding tert-OH is 1. The first-order chi connectivity index (χ1) is 20.3. The third kappa shape index (κ3) is 7.98. The summed E-state index contributed by atoms with van der Waals surface area (Å²) in [4.78, 5) is 4.62. The molecule has 0 aromatic heterocycles. The molecule has 6 nitrogen and oxygen atoms in total. The molecule has 1 spiro atoms. The van der Waals surface area contributed by atoms with Gasteiger partial charge < -0.3 is 16.2 Å². The van der Waals surface area contributed by atoms with Crippen LogP contribution in [-0.4, -0.2) is 65.8 Å². The highest BCUT2D eigenvalue weighted by atomic mass is 19.4. The second-order valence-electron chi connectivity index (χ2n) is 11.6. The molecular formula is C32H46F5N5O. The van der Waals surface area contributed by atoms with Crippen molar-refractivity contribution in [2.75, 3.05) is 33.2 Å². The molecule has 0 aromatic rings. The van der Waals surface area contributed by atoms with E-state index in [4.69, 9.17) is 5.73 Å². The van der Waals surface area contributed by atoms with Gasteiger partial charge >= 0.3 is 6.18 Å². The van der Waals surface area contributed by atoms with Crippen LogP contribution in [0.1, 0.15) is 72.1 Å². The Labute approximate surface area is 252 Å². The van der Waals surface area contributed by atoms with Crippen LogP contribution in [0.4, 0.5) is 22.0 Å². The summed E-state index contributed by atoms with van der Waals surface area (Å²) in [6, 6.07) is 0. The lowest BCUT2D eigenvalue weighted by atomic mass is 9.88. The number of aliphatic imine (C=N–C) groups is 1. The number of halogens is 5. The number of hydrazine groups is 1. The first-order valence-corrected chi connectivity index (χ1v) is 15.1. The molecule has 0 saturated heterocycles. The topological polar surface area (TPSA) is 77.1 Å². The maximum atomic E-state index is 15.3. The van der Waals surface area contributed by atoms with Gasteiger partial charge in [-0.1, -0.05) is 44.9 Å². The summed E-state index contributed by atoms with van der Waals surface area (Å²) in [7, 11) is 1.84. The van der Waals surface area contributed by atoms with E-state index in [1.165, 1.54) is 12.2 Å². The Morgan fingerprint density at radius 1 is 1.26 bits per heavy atom. The number of aliphatic hydroxyl groups is 1. The Balaban J connectivity index is 1.85. The van der Waals surface area contributed by atoms with Crippen LogP contribution < -0.4 is 11.1 Å². The van der Waals surface area contributed by atoms with Crippen molar-refractivity contribution in [1.82, 2.24) is 15.3 Å². The molecule has 1 atom stereocenters. The highest BCUT2D eigenvalue weighted by Crippen LogP contribution is 2.44. The van der Waals surface area contributed by atoms with E-state index >= 15 is 8.78 Å². The van der Waals surface area contributed by atoms with E-state index in [9.17, 15) is 18.3 Å². The quantitative estimate of drug-likeness (QED) is 0.136. The highest BCUT2D eigenvalue weighted by molar-refractivity contribution is 6.09. The number of allylic oxidation sites excluding steroid dienone is 6. The average molecular weight is 612 g/mol. The fraction of sp³-hybridized carbons (Fsp3) is 0.594. The molecular weight excluding hydrogens is 565 g/mol. The Morgan fingerprint density at radius 3 is 2.51 bits per heavy atom. The van der Waals surface area contributed by atoms with Gasteiger partial charge in [0.2, 0.25) is 0 Å².